The summed E-state index contributed by atoms with van der Waals surface area (Å²) in [6, 6.07) is -0.541. The third-order valence-corrected chi connectivity index (χ3v) is 14.0. The molecule has 0 aromatic carbocycles. The van der Waals surface area contributed by atoms with Gasteiger partial charge in [0.1, 0.15) is 0 Å². The van der Waals surface area contributed by atoms with E-state index < -0.39 is 12.1 Å². The Kier molecular flexibility index (Phi) is 55.5. The van der Waals surface area contributed by atoms with E-state index >= 15 is 0 Å². The van der Waals surface area contributed by atoms with Crippen molar-refractivity contribution in [3.63, 3.8) is 0 Å². The van der Waals surface area contributed by atoms with Crippen LogP contribution in [0.1, 0.15) is 328 Å². The first-order valence-corrected chi connectivity index (χ1v) is 30.1. The second kappa shape index (κ2) is 56.9. The normalized spacial score (nSPS) is 12.7. The maximum absolute atomic E-state index is 12.4. The number of ether oxygens (including phenoxy) is 1. The van der Waals surface area contributed by atoms with Crippen LogP contribution < -0.4 is 5.32 Å². The van der Waals surface area contributed by atoms with Crippen LogP contribution >= 0.6 is 0 Å². The van der Waals surface area contributed by atoms with Crippen LogP contribution in [0.3, 0.4) is 0 Å². The number of unbranched alkanes of at least 4 members (excludes halogenated alkanes) is 41. The zero-order chi connectivity index (χ0) is 48.6. The van der Waals surface area contributed by atoms with E-state index in [1.165, 1.54) is 244 Å². The van der Waals surface area contributed by atoms with Gasteiger partial charge >= 0.3 is 5.97 Å². The molecule has 0 fully saturated rings. The second-order valence-electron chi connectivity index (χ2n) is 20.7. The fraction of sp³-hybridized carbons (Fsp3) is 0.902. The molecule has 396 valence electrons. The van der Waals surface area contributed by atoms with Crippen molar-refractivity contribution in [3.8, 4) is 0 Å². The van der Waals surface area contributed by atoms with Gasteiger partial charge in [-0.15, -0.1) is 0 Å². The summed E-state index contributed by atoms with van der Waals surface area (Å²) in [6.45, 7) is 4.93. The van der Waals surface area contributed by atoms with Gasteiger partial charge in [-0.2, -0.15) is 0 Å². The lowest BCUT2D eigenvalue weighted by molar-refractivity contribution is -0.143. The topological polar surface area (TPSA) is 95.9 Å². The molecule has 2 atom stereocenters. The maximum Gasteiger partial charge on any atom is 0.305 e. The van der Waals surface area contributed by atoms with E-state index in [4.69, 9.17) is 4.74 Å². The quantitative estimate of drug-likeness (QED) is 0.0321. The Morgan fingerprint density at radius 2 is 0.746 bits per heavy atom. The van der Waals surface area contributed by atoms with Gasteiger partial charge in [-0.25, -0.2) is 0 Å². The molecule has 1 amide bonds. The first kappa shape index (κ1) is 65.3. The van der Waals surface area contributed by atoms with Gasteiger partial charge in [-0.1, -0.05) is 282 Å². The number of hydrogen-bond donors (Lipinski definition) is 3. The van der Waals surface area contributed by atoms with Gasteiger partial charge in [0.05, 0.1) is 25.4 Å². The Morgan fingerprint density at radius 1 is 0.418 bits per heavy atom. The molecule has 0 aliphatic rings. The standard InChI is InChI=1S/C61H117NO5/c1-3-5-7-9-11-13-15-16-17-18-21-25-28-31-35-39-43-47-51-55-61(66)67-56-52-48-44-40-36-32-29-26-23-20-19-22-24-27-30-34-38-42-46-50-54-60(65)62-58(57-63)59(64)53-49-45-41-37-33-14-12-10-8-6-4-2/h11,13,16-17,58-59,63-64H,3-10,12,14-15,18-57H2,1-2H3,(H,62,65)/b13-11-,17-16-. The number of rotatable bonds is 56. The predicted molar refractivity (Wildman–Crippen MR) is 292 cm³/mol. The molecule has 0 saturated heterocycles. The van der Waals surface area contributed by atoms with Crippen LogP contribution in [-0.2, 0) is 14.3 Å². The number of allylic oxidation sites excluding steroid dienone is 4. The fourth-order valence-corrected chi connectivity index (χ4v) is 9.38. The van der Waals surface area contributed by atoms with E-state index in [1.54, 1.807) is 0 Å². The Labute approximate surface area is 418 Å². The lowest BCUT2D eigenvalue weighted by Crippen LogP contribution is -2.45. The number of carbonyl (C=O) groups is 2. The number of amides is 1. The molecule has 0 saturated carbocycles. The van der Waals surface area contributed by atoms with Gasteiger partial charge < -0.3 is 20.3 Å². The van der Waals surface area contributed by atoms with Crippen LogP contribution in [0.25, 0.3) is 0 Å². The van der Waals surface area contributed by atoms with E-state index in [9.17, 15) is 19.8 Å². The van der Waals surface area contributed by atoms with E-state index in [1.807, 2.05) is 0 Å². The summed E-state index contributed by atoms with van der Waals surface area (Å²) in [7, 11) is 0. The molecule has 0 aliphatic heterocycles. The lowest BCUT2D eigenvalue weighted by Gasteiger charge is -2.22. The molecular formula is C61H117NO5. The maximum atomic E-state index is 12.4. The highest BCUT2D eigenvalue weighted by Crippen LogP contribution is 2.18. The largest absolute Gasteiger partial charge is 0.466 e. The zero-order valence-corrected chi connectivity index (χ0v) is 45.1. The van der Waals surface area contributed by atoms with Gasteiger partial charge in [0.2, 0.25) is 5.91 Å². The summed E-state index contributed by atoms with van der Waals surface area (Å²) >= 11 is 0. The summed E-state index contributed by atoms with van der Waals surface area (Å²) in [5.41, 5.74) is 0. The van der Waals surface area contributed by atoms with Gasteiger partial charge in [-0.3, -0.25) is 9.59 Å². The molecule has 0 bridgehead atoms. The van der Waals surface area contributed by atoms with Crippen molar-refractivity contribution in [1.82, 2.24) is 5.32 Å². The van der Waals surface area contributed by atoms with Crippen LogP contribution in [0.4, 0.5) is 0 Å². The average Bonchev–Trinajstić information content (AvgIpc) is 3.33. The first-order chi connectivity index (χ1) is 33.0. The number of carbonyl (C=O) groups excluding carboxylic acids is 2. The molecule has 0 spiro atoms. The lowest BCUT2D eigenvalue weighted by atomic mass is 10.0. The summed E-state index contributed by atoms with van der Waals surface area (Å²) in [4.78, 5) is 24.5. The smallest absolute Gasteiger partial charge is 0.305 e. The van der Waals surface area contributed by atoms with Gasteiger partial charge in [-0.05, 0) is 57.8 Å². The Hall–Kier alpha value is -1.66. The number of aliphatic hydroxyl groups is 2. The SMILES string of the molecule is CCCCC/C=C\C/C=C\CCCCCCCCCCCC(=O)OCCCCCCCCCCCCCCCCCCCCCCC(=O)NC(CO)C(O)CCCCCCCCCCCCC. The predicted octanol–water partition coefficient (Wildman–Crippen LogP) is 18.6. The van der Waals surface area contributed by atoms with Crippen molar-refractivity contribution in [2.75, 3.05) is 13.2 Å². The van der Waals surface area contributed by atoms with Crippen LogP contribution in [0.5, 0.6) is 0 Å². The highest BCUT2D eigenvalue weighted by atomic mass is 16.5. The third-order valence-electron chi connectivity index (χ3n) is 14.0. The first-order valence-electron chi connectivity index (χ1n) is 30.1. The van der Waals surface area contributed by atoms with Crippen molar-refractivity contribution in [1.29, 1.82) is 0 Å². The summed E-state index contributed by atoms with van der Waals surface area (Å²) in [5.74, 6) is -0.0299. The molecule has 6 heteroatoms. The molecule has 0 radical (unpaired) electrons. The molecular weight excluding hydrogens is 827 g/mol. The van der Waals surface area contributed by atoms with Crippen LogP contribution in [0, 0.1) is 0 Å². The fourth-order valence-electron chi connectivity index (χ4n) is 9.38. The number of aliphatic hydroxyl groups excluding tert-OH is 2. The van der Waals surface area contributed by atoms with Gasteiger partial charge in [0.25, 0.3) is 0 Å². The zero-order valence-electron chi connectivity index (χ0n) is 45.1. The minimum Gasteiger partial charge on any atom is -0.466 e. The minimum atomic E-state index is -0.664. The molecule has 0 aromatic heterocycles. The Bertz CT molecular complexity index is 1040. The molecule has 6 nitrogen and oxygen atoms in total. The van der Waals surface area contributed by atoms with Crippen molar-refractivity contribution >= 4 is 11.9 Å². The minimum absolute atomic E-state index is 0.00708. The number of hydrogen-bond acceptors (Lipinski definition) is 5. The molecule has 67 heavy (non-hydrogen) atoms. The third kappa shape index (κ3) is 53.5. The summed E-state index contributed by atoms with van der Waals surface area (Å²) in [5, 5.41) is 23.2. The van der Waals surface area contributed by atoms with E-state index in [2.05, 4.69) is 43.5 Å². The van der Waals surface area contributed by atoms with E-state index in [-0.39, 0.29) is 18.5 Å². The highest BCUT2D eigenvalue weighted by molar-refractivity contribution is 5.76. The second-order valence-corrected chi connectivity index (χ2v) is 20.7. The van der Waals surface area contributed by atoms with Crippen molar-refractivity contribution in [2.24, 2.45) is 0 Å². The highest BCUT2D eigenvalue weighted by Gasteiger charge is 2.20. The molecule has 0 rings (SSSR count). The van der Waals surface area contributed by atoms with E-state index in [0.717, 1.165) is 51.4 Å². The monoisotopic (exact) mass is 944 g/mol. The molecule has 3 N–H and O–H groups in total. The Balaban J connectivity index is 3.36. The number of esters is 1. The molecule has 2 unspecified atom stereocenters. The average molecular weight is 945 g/mol. The Morgan fingerprint density at radius 3 is 1.16 bits per heavy atom. The number of nitrogens with one attached hydrogen (secondary N) is 1. The van der Waals surface area contributed by atoms with Crippen molar-refractivity contribution < 1.29 is 24.5 Å². The summed E-state index contributed by atoms with van der Waals surface area (Å²) < 4.78 is 5.49. The van der Waals surface area contributed by atoms with Crippen LogP contribution in [0.15, 0.2) is 24.3 Å². The van der Waals surface area contributed by atoms with E-state index in [0.29, 0.717) is 25.9 Å². The van der Waals surface area contributed by atoms with Crippen molar-refractivity contribution in [2.45, 2.75) is 341 Å². The van der Waals surface area contributed by atoms with Gasteiger partial charge in [0.15, 0.2) is 0 Å². The molecule has 0 aromatic rings. The van der Waals surface area contributed by atoms with Crippen LogP contribution in [0.2, 0.25) is 0 Å². The van der Waals surface area contributed by atoms with Crippen LogP contribution in [-0.4, -0.2) is 47.4 Å². The van der Waals surface area contributed by atoms with Gasteiger partial charge in [0, 0.05) is 12.8 Å². The summed E-state index contributed by atoms with van der Waals surface area (Å²) in [6.07, 6.45) is 68.9. The van der Waals surface area contributed by atoms with Crippen molar-refractivity contribution in [3.05, 3.63) is 24.3 Å². The molecule has 0 heterocycles. The molecule has 0 aliphatic carbocycles.